The van der Waals surface area contributed by atoms with Gasteiger partial charge in [0.05, 0.1) is 12.8 Å². The third kappa shape index (κ3) is 6.00. The van der Waals surface area contributed by atoms with Crippen LogP contribution in [0.4, 0.5) is 0 Å². The van der Waals surface area contributed by atoms with Gasteiger partial charge in [0.2, 0.25) is 0 Å². The molecular weight excluding hydrogens is 327 g/mol. The number of carbonyl (C=O) groups is 2. The lowest BCUT2D eigenvalue weighted by atomic mass is 9.86. The van der Waals surface area contributed by atoms with Gasteiger partial charge in [-0.25, -0.2) is 9.78 Å². The molecule has 0 aromatic carbocycles. The molecule has 8 heteroatoms. The van der Waals surface area contributed by atoms with Gasteiger partial charge in [-0.3, -0.25) is 0 Å². The Bertz CT molecular complexity index is 524. The SMILES string of the molecule is CCOC(=O)c1csc([C@H](CC(C(C)C)N(C)[B]C=O)OCC)n1. The summed E-state index contributed by atoms with van der Waals surface area (Å²) in [5, 5.41) is 2.45. The minimum Gasteiger partial charge on any atom is -0.461 e. The molecule has 0 spiro atoms. The summed E-state index contributed by atoms with van der Waals surface area (Å²) in [6, 6.07) is 0.127. The van der Waals surface area contributed by atoms with E-state index >= 15 is 0 Å². The number of carbonyl (C=O) groups excluding carboxylic acids is 2. The molecule has 2 atom stereocenters. The number of esters is 1. The number of thiazole rings is 1. The smallest absolute Gasteiger partial charge is 0.357 e. The zero-order valence-corrected chi connectivity index (χ0v) is 15.8. The predicted octanol–water partition coefficient (Wildman–Crippen LogP) is 2.55. The largest absolute Gasteiger partial charge is 0.461 e. The highest BCUT2D eigenvalue weighted by atomic mass is 32.1. The van der Waals surface area contributed by atoms with Crippen molar-refractivity contribution in [3.8, 4) is 0 Å². The lowest BCUT2D eigenvalue weighted by Gasteiger charge is -2.32. The maximum Gasteiger partial charge on any atom is 0.357 e. The maximum absolute atomic E-state index is 11.8. The van der Waals surface area contributed by atoms with Crippen LogP contribution in [-0.4, -0.2) is 55.7 Å². The summed E-state index contributed by atoms with van der Waals surface area (Å²) in [6.07, 6.45) is 1.24. The van der Waals surface area contributed by atoms with E-state index in [0.717, 1.165) is 11.2 Å². The third-order valence-corrected chi connectivity index (χ3v) is 4.63. The molecule has 0 saturated carbocycles. The molecule has 1 heterocycles. The molecule has 1 aromatic heterocycles. The van der Waals surface area contributed by atoms with Crippen LogP contribution < -0.4 is 0 Å². The van der Waals surface area contributed by atoms with Crippen molar-refractivity contribution in [1.29, 1.82) is 0 Å². The van der Waals surface area contributed by atoms with Crippen LogP contribution in [0.15, 0.2) is 5.38 Å². The first-order chi connectivity index (χ1) is 11.4. The van der Waals surface area contributed by atoms with E-state index in [4.69, 9.17) is 9.47 Å². The Morgan fingerprint density at radius 3 is 2.67 bits per heavy atom. The van der Waals surface area contributed by atoms with Crippen molar-refractivity contribution >= 4 is 30.9 Å². The van der Waals surface area contributed by atoms with E-state index in [1.165, 1.54) is 18.8 Å². The Labute approximate surface area is 148 Å². The molecule has 0 saturated heterocycles. The summed E-state index contributed by atoms with van der Waals surface area (Å²) in [6.45, 7) is 8.77. The first-order valence-electron chi connectivity index (χ1n) is 8.19. The standard InChI is InChI=1S/C16H26BN2O4S/c1-6-22-14(8-13(11(3)4)19(5)17-10-20)15-18-12(9-24-15)16(21)23-7-2/h9-11,13-14H,6-8H2,1-5H3/t13?,14-/m0/s1. The fourth-order valence-electron chi connectivity index (χ4n) is 2.51. The molecule has 1 unspecified atom stereocenters. The van der Waals surface area contributed by atoms with Crippen LogP contribution in [0, 0.1) is 5.92 Å². The van der Waals surface area contributed by atoms with Crippen LogP contribution >= 0.6 is 11.3 Å². The van der Waals surface area contributed by atoms with Gasteiger partial charge in [0.25, 0.3) is 7.41 Å². The number of nitrogens with zero attached hydrogens (tertiary/aromatic N) is 2. The molecule has 0 aliphatic carbocycles. The number of rotatable bonds is 11. The van der Waals surface area contributed by atoms with Crippen molar-refractivity contribution in [3.63, 3.8) is 0 Å². The van der Waals surface area contributed by atoms with E-state index in [1.54, 1.807) is 12.3 Å². The molecule has 0 aliphatic rings. The monoisotopic (exact) mass is 353 g/mol. The van der Waals surface area contributed by atoms with Crippen molar-refractivity contribution in [2.45, 2.75) is 46.3 Å². The van der Waals surface area contributed by atoms with Gasteiger partial charge in [0.1, 0.15) is 11.1 Å². The van der Waals surface area contributed by atoms with Gasteiger partial charge in [-0.05, 0) is 33.2 Å². The van der Waals surface area contributed by atoms with Crippen molar-refractivity contribution in [3.05, 3.63) is 16.1 Å². The van der Waals surface area contributed by atoms with Crippen LogP contribution in [0.3, 0.4) is 0 Å². The molecule has 6 nitrogen and oxygen atoms in total. The van der Waals surface area contributed by atoms with Crippen molar-refractivity contribution < 1.29 is 19.1 Å². The van der Waals surface area contributed by atoms with Gasteiger partial charge in [-0.15, -0.1) is 11.3 Å². The quantitative estimate of drug-likeness (QED) is 0.346. The van der Waals surface area contributed by atoms with Crippen LogP contribution in [0.1, 0.15) is 55.7 Å². The fraction of sp³-hybridized carbons (Fsp3) is 0.688. The van der Waals surface area contributed by atoms with Gasteiger partial charge in [0, 0.05) is 18.0 Å². The molecule has 24 heavy (non-hydrogen) atoms. The van der Waals surface area contributed by atoms with E-state index < -0.39 is 5.97 Å². The van der Waals surface area contributed by atoms with E-state index in [2.05, 4.69) is 18.8 Å². The summed E-state index contributed by atoms with van der Waals surface area (Å²) in [5.41, 5.74) is 0.315. The van der Waals surface area contributed by atoms with Gasteiger partial charge in [-0.2, -0.15) is 0 Å². The minimum atomic E-state index is -0.415. The highest BCUT2D eigenvalue weighted by Gasteiger charge is 2.27. The highest BCUT2D eigenvalue weighted by molar-refractivity contribution is 7.09. The van der Waals surface area contributed by atoms with E-state index in [9.17, 15) is 9.59 Å². The second-order valence-corrected chi connectivity index (χ2v) is 6.62. The number of aromatic nitrogens is 1. The Hall–Kier alpha value is -1.25. The molecule has 0 bridgehead atoms. The normalized spacial score (nSPS) is 13.8. The van der Waals surface area contributed by atoms with E-state index in [0.29, 0.717) is 31.2 Å². The van der Waals surface area contributed by atoms with Crippen molar-refractivity contribution in [2.24, 2.45) is 5.92 Å². The summed E-state index contributed by atoms with van der Waals surface area (Å²) >= 11 is 1.40. The first kappa shape index (κ1) is 20.8. The molecule has 133 valence electrons. The Morgan fingerprint density at radius 2 is 2.12 bits per heavy atom. The molecule has 0 N–H and O–H groups in total. The Morgan fingerprint density at radius 1 is 1.42 bits per heavy atom. The van der Waals surface area contributed by atoms with Crippen LogP contribution in [0.25, 0.3) is 0 Å². The second kappa shape index (κ2) is 10.6. The molecule has 0 fully saturated rings. The molecule has 0 amide bonds. The summed E-state index contributed by atoms with van der Waals surface area (Å²) < 4.78 is 10.8. The van der Waals surface area contributed by atoms with Crippen LogP contribution in [0.5, 0.6) is 0 Å². The van der Waals surface area contributed by atoms with E-state index in [-0.39, 0.29) is 12.1 Å². The average Bonchev–Trinajstić information content (AvgIpc) is 3.01. The lowest BCUT2D eigenvalue weighted by molar-refractivity contribution is 0.0360. The molecule has 1 radical (unpaired) electrons. The summed E-state index contributed by atoms with van der Waals surface area (Å²) in [5.74, 6) is -0.0827. The van der Waals surface area contributed by atoms with Crippen LogP contribution in [-0.2, 0) is 14.3 Å². The van der Waals surface area contributed by atoms with Gasteiger partial charge in [0.15, 0.2) is 5.69 Å². The van der Waals surface area contributed by atoms with Crippen molar-refractivity contribution in [2.75, 3.05) is 20.3 Å². The average molecular weight is 353 g/mol. The van der Waals surface area contributed by atoms with Crippen molar-refractivity contribution in [1.82, 2.24) is 9.79 Å². The second-order valence-electron chi connectivity index (χ2n) is 5.73. The summed E-state index contributed by atoms with van der Waals surface area (Å²) in [4.78, 5) is 28.9. The third-order valence-electron chi connectivity index (χ3n) is 3.69. The minimum absolute atomic E-state index is 0.127. The molecule has 0 aliphatic heterocycles. The Balaban J connectivity index is 2.92. The van der Waals surface area contributed by atoms with Crippen LogP contribution in [0.2, 0.25) is 0 Å². The zero-order chi connectivity index (χ0) is 18.1. The number of ether oxygens (including phenoxy) is 2. The number of hydrogen-bond acceptors (Lipinski definition) is 7. The van der Waals surface area contributed by atoms with Gasteiger partial charge >= 0.3 is 5.97 Å². The maximum atomic E-state index is 11.8. The lowest BCUT2D eigenvalue weighted by Crippen LogP contribution is -2.40. The fourth-order valence-corrected chi connectivity index (χ4v) is 3.36. The topological polar surface area (TPSA) is 68.7 Å². The summed E-state index contributed by atoms with van der Waals surface area (Å²) in [7, 11) is 3.41. The first-order valence-corrected chi connectivity index (χ1v) is 9.07. The zero-order valence-electron chi connectivity index (χ0n) is 15.0. The van der Waals surface area contributed by atoms with Gasteiger partial charge < -0.3 is 19.1 Å². The molecule has 1 aromatic rings. The highest BCUT2D eigenvalue weighted by Crippen LogP contribution is 2.29. The van der Waals surface area contributed by atoms with Gasteiger partial charge in [-0.1, -0.05) is 13.8 Å². The molecular formula is C16H26BN2O4S. The number of hydrogen-bond donors (Lipinski definition) is 0. The molecule has 1 rings (SSSR count). The van der Waals surface area contributed by atoms with E-state index in [1.807, 2.05) is 18.8 Å². The Kier molecular flexibility index (Phi) is 9.17. The predicted molar refractivity (Wildman–Crippen MR) is 95.9 cm³/mol.